The Morgan fingerprint density at radius 3 is 2.00 bits per heavy atom. The van der Waals surface area contributed by atoms with Crippen molar-refractivity contribution in [3.63, 3.8) is 0 Å². The SMILES string of the molecule is CN(C)CCCC(C#N)(CCN(C)C)c1ccccc1.Cl. The van der Waals surface area contributed by atoms with Gasteiger partial charge in [0.25, 0.3) is 0 Å². The third-order valence-electron chi connectivity index (χ3n) is 3.74. The fraction of sp³-hybridized carbons (Fsp3) is 0.588. The van der Waals surface area contributed by atoms with E-state index in [9.17, 15) is 5.26 Å². The average molecular weight is 310 g/mol. The molecule has 0 aliphatic rings. The van der Waals surface area contributed by atoms with E-state index in [1.807, 2.05) is 18.2 Å². The average Bonchev–Trinajstić information content (AvgIpc) is 2.43. The molecule has 0 N–H and O–H groups in total. The summed E-state index contributed by atoms with van der Waals surface area (Å²) in [7, 11) is 8.28. The van der Waals surface area contributed by atoms with Crippen LogP contribution in [0.25, 0.3) is 0 Å². The van der Waals surface area contributed by atoms with E-state index in [1.165, 1.54) is 0 Å². The molecular weight excluding hydrogens is 282 g/mol. The van der Waals surface area contributed by atoms with Crippen LogP contribution in [-0.4, -0.2) is 51.1 Å². The summed E-state index contributed by atoms with van der Waals surface area (Å²) in [5.74, 6) is 0. The fourth-order valence-corrected chi connectivity index (χ4v) is 2.46. The molecule has 4 heteroatoms. The number of benzene rings is 1. The van der Waals surface area contributed by atoms with E-state index in [1.54, 1.807) is 0 Å². The second-order valence-corrected chi connectivity index (χ2v) is 6.02. The Labute approximate surface area is 136 Å². The smallest absolute Gasteiger partial charge is 0.0835 e. The largest absolute Gasteiger partial charge is 0.309 e. The van der Waals surface area contributed by atoms with Crippen molar-refractivity contribution in [1.29, 1.82) is 5.26 Å². The normalized spacial score (nSPS) is 13.6. The van der Waals surface area contributed by atoms with Crippen LogP contribution in [0.1, 0.15) is 24.8 Å². The van der Waals surface area contributed by atoms with Crippen molar-refractivity contribution in [3.8, 4) is 6.07 Å². The lowest BCUT2D eigenvalue weighted by atomic mass is 9.75. The number of nitriles is 1. The highest BCUT2D eigenvalue weighted by Crippen LogP contribution is 2.32. The Kier molecular flexibility index (Phi) is 9.28. The molecule has 0 amide bonds. The van der Waals surface area contributed by atoms with Crippen molar-refractivity contribution < 1.29 is 0 Å². The lowest BCUT2D eigenvalue weighted by molar-refractivity contribution is 0.320. The summed E-state index contributed by atoms with van der Waals surface area (Å²) < 4.78 is 0. The minimum Gasteiger partial charge on any atom is -0.309 e. The highest BCUT2D eigenvalue weighted by atomic mass is 35.5. The molecule has 1 atom stereocenters. The Morgan fingerprint density at radius 2 is 1.52 bits per heavy atom. The van der Waals surface area contributed by atoms with E-state index >= 15 is 0 Å². The zero-order valence-corrected chi connectivity index (χ0v) is 14.5. The lowest BCUT2D eigenvalue weighted by Crippen LogP contribution is -2.30. The molecule has 118 valence electrons. The summed E-state index contributed by atoms with van der Waals surface area (Å²) in [6, 6.07) is 12.9. The van der Waals surface area contributed by atoms with E-state index in [2.05, 4.69) is 56.2 Å². The maximum atomic E-state index is 9.83. The van der Waals surface area contributed by atoms with E-state index < -0.39 is 0 Å². The van der Waals surface area contributed by atoms with Crippen LogP contribution in [0.15, 0.2) is 30.3 Å². The summed E-state index contributed by atoms with van der Waals surface area (Å²) in [6.45, 7) is 1.96. The maximum Gasteiger partial charge on any atom is 0.0835 e. The molecule has 0 aliphatic carbocycles. The number of rotatable bonds is 8. The quantitative estimate of drug-likeness (QED) is 0.739. The van der Waals surface area contributed by atoms with Crippen LogP contribution in [0.5, 0.6) is 0 Å². The summed E-state index contributed by atoms with van der Waals surface area (Å²) in [4.78, 5) is 4.33. The van der Waals surface area contributed by atoms with Crippen LogP contribution in [-0.2, 0) is 5.41 Å². The monoisotopic (exact) mass is 309 g/mol. The summed E-state index contributed by atoms with van der Waals surface area (Å²) in [5.41, 5.74) is 0.796. The molecule has 0 radical (unpaired) electrons. The van der Waals surface area contributed by atoms with Gasteiger partial charge in [0.2, 0.25) is 0 Å². The van der Waals surface area contributed by atoms with Crippen LogP contribution >= 0.6 is 12.4 Å². The predicted octanol–water partition coefficient (Wildman–Crippen LogP) is 3.16. The molecule has 0 fully saturated rings. The molecule has 0 aromatic heterocycles. The van der Waals surface area contributed by atoms with Gasteiger partial charge < -0.3 is 9.80 Å². The molecule has 1 aromatic carbocycles. The molecule has 0 saturated heterocycles. The summed E-state index contributed by atoms with van der Waals surface area (Å²) in [5, 5.41) is 9.83. The number of halogens is 1. The Morgan fingerprint density at radius 1 is 0.952 bits per heavy atom. The summed E-state index contributed by atoms with van der Waals surface area (Å²) >= 11 is 0. The molecule has 0 heterocycles. The predicted molar refractivity (Wildman–Crippen MR) is 91.9 cm³/mol. The van der Waals surface area contributed by atoms with Gasteiger partial charge in [-0.25, -0.2) is 0 Å². The van der Waals surface area contributed by atoms with E-state index in [0.29, 0.717) is 0 Å². The van der Waals surface area contributed by atoms with E-state index in [-0.39, 0.29) is 17.8 Å². The van der Waals surface area contributed by atoms with Gasteiger partial charge in [0.15, 0.2) is 0 Å². The van der Waals surface area contributed by atoms with Crippen molar-refractivity contribution in [2.75, 3.05) is 41.3 Å². The Bertz CT molecular complexity index is 425. The molecule has 21 heavy (non-hydrogen) atoms. The number of nitrogens with zero attached hydrogens (tertiary/aromatic N) is 3. The second kappa shape index (κ2) is 9.78. The van der Waals surface area contributed by atoms with Crippen LogP contribution in [0.2, 0.25) is 0 Å². The van der Waals surface area contributed by atoms with Gasteiger partial charge >= 0.3 is 0 Å². The first-order chi connectivity index (χ1) is 9.50. The standard InChI is InChI=1S/C17H27N3.ClH/c1-19(2)13-8-11-17(15-18,12-14-20(3)4)16-9-6-5-7-10-16;/h5-7,9-10H,8,11-14H2,1-4H3;1H. The minimum absolute atomic E-state index is 0. The van der Waals surface area contributed by atoms with Gasteiger partial charge in [-0.05, 0) is 66.1 Å². The van der Waals surface area contributed by atoms with Crippen LogP contribution < -0.4 is 0 Å². The topological polar surface area (TPSA) is 30.3 Å². The zero-order valence-electron chi connectivity index (χ0n) is 13.7. The molecule has 1 rings (SSSR count). The highest BCUT2D eigenvalue weighted by molar-refractivity contribution is 5.85. The first-order valence-electron chi connectivity index (χ1n) is 7.26. The van der Waals surface area contributed by atoms with Crippen molar-refractivity contribution in [2.24, 2.45) is 0 Å². The van der Waals surface area contributed by atoms with Crippen LogP contribution in [0.4, 0.5) is 0 Å². The van der Waals surface area contributed by atoms with Gasteiger partial charge in [0, 0.05) is 0 Å². The first-order valence-corrected chi connectivity index (χ1v) is 7.26. The highest BCUT2D eigenvalue weighted by Gasteiger charge is 2.31. The lowest BCUT2D eigenvalue weighted by Gasteiger charge is -2.29. The van der Waals surface area contributed by atoms with Crippen LogP contribution in [0.3, 0.4) is 0 Å². The zero-order chi connectivity index (χ0) is 15.0. The van der Waals surface area contributed by atoms with Crippen molar-refractivity contribution >= 4 is 12.4 Å². The van der Waals surface area contributed by atoms with Crippen molar-refractivity contribution in [2.45, 2.75) is 24.7 Å². The molecule has 0 saturated carbocycles. The maximum absolute atomic E-state index is 9.83. The Balaban J connectivity index is 0.00000400. The van der Waals surface area contributed by atoms with Crippen LogP contribution in [0, 0.1) is 11.3 Å². The van der Waals surface area contributed by atoms with Crippen molar-refractivity contribution in [3.05, 3.63) is 35.9 Å². The molecular formula is C17H28ClN3. The van der Waals surface area contributed by atoms with Gasteiger partial charge in [-0.3, -0.25) is 0 Å². The second-order valence-electron chi connectivity index (χ2n) is 6.02. The first kappa shape index (κ1) is 19.9. The molecule has 3 nitrogen and oxygen atoms in total. The van der Waals surface area contributed by atoms with E-state index in [4.69, 9.17) is 0 Å². The van der Waals surface area contributed by atoms with Gasteiger partial charge in [0.1, 0.15) is 0 Å². The van der Waals surface area contributed by atoms with Gasteiger partial charge in [-0.1, -0.05) is 30.3 Å². The third kappa shape index (κ3) is 6.48. The number of hydrogen-bond acceptors (Lipinski definition) is 3. The van der Waals surface area contributed by atoms with Crippen molar-refractivity contribution in [1.82, 2.24) is 9.80 Å². The molecule has 0 bridgehead atoms. The minimum atomic E-state index is -0.360. The Hall–Kier alpha value is -1.08. The van der Waals surface area contributed by atoms with Gasteiger partial charge in [-0.2, -0.15) is 5.26 Å². The molecule has 0 aliphatic heterocycles. The van der Waals surface area contributed by atoms with E-state index in [0.717, 1.165) is 37.9 Å². The van der Waals surface area contributed by atoms with Gasteiger partial charge in [-0.15, -0.1) is 12.4 Å². The third-order valence-corrected chi connectivity index (χ3v) is 3.74. The van der Waals surface area contributed by atoms with Gasteiger partial charge in [0.05, 0.1) is 11.5 Å². The molecule has 1 unspecified atom stereocenters. The number of hydrogen-bond donors (Lipinski definition) is 0. The fourth-order valence-electron chi connectivity index (χ4n) is 2.46. The summed E-state index contributed by atoms with van der Waals surface area (Å²) in [6.07, 6.45) is 2.84. The molecule has 1 aromatic rings. The molecule has 0 spiro atoms.